The number of benzene rings is 1. The van der Waals surface area contributed by atoms with Crippen molar-refractivity contribution in [2.24, 2.45) is 0 Å². The van der Waals surface area contributed by atoms with E-state index in [2.05, 4.69) is 10.3 Å². The molecule has 0 spiro atoms. The molecule has 3 heterocycles. The molecular formula is C24H25F3N4O3. The van der Waals surface area contributed by atoms with Crippen molar-refractivity contribution in [3.63, 3.8) is 0 Å². The van der Waals surface area contributed by atoms with Crippen LogP contribution in [0.1, 0.15) is 44.7 Å². The molecule has 1 atom stereocenters. The smallest absolute Gasteiger partial charge is 0.398 e. The van der Waals surface area contributed by atoms with Crippen LogP contribution in [0, 0.1) is 0 Å². The Morgan fingerprint density at radius 1 is 1.15 bits per heavy atom. The molecule has 10 heteroatoms. The predicted octanol–water partition coefficient (Wildman–Crippen LogP) is 4.62. The number of hydrogen-bond acceptors (Lipinski definition) is 5. The molecule has 2 aliphatic heterocycles. The third-order valence-corrected chi connectivity index (χ3v) is 6.98. The van der Waals surface area contributed by atoms with Gasteiger partial charge in [0.2, 0.25) is 0 Å². The lowest BCUT2D eigenvalue weighted by molar-refractivity contribution is -0.160. The van der Waals surface area contributed by atoms with Crippen LogP contribution in [0.2, 0.25) is 0 Å². The highest BCUT2D eigenvalue weighted by Crippen LogP contribution is 2.59. The largest absolute Gasteiger partial charge is 0.485 e. The van der Waals surface area contributed by atoms with Gasteiger partial charge in [-0.1, -0.05) is 12.1 Å². The Kier molecular flexibility index (Phi) is 4.86. The molecule has 1 N–H and O–H groups in total. The number of nitrogens with one attached hydrogen (secondary N) is 1. The lowest BCUT2D eigenvalue weighted by Crippen LogP contribution is -2.44. The molecule has 180 valence electrons. The number of hydrogen-bond donors (Lipinski definition) is 1. The first kappa shape index (κ1) is 22.5. The van der Waals surface area contributed by atoms with Gasteiger partial charge in [-0.25, -0.2) is 14.7 Å². The van der Waals surface area contributed by atoms with Crippen LogP contribution < -0.4 is 15.0 Å². The Balaban J connectivity index is 1.43. The molecule has 3 amide bonds. The zero-order valence-corrected chi connectivity index (χ0v) is 19.1. The summed E-state index contributed by atoms with van der Waals surface area (Å²) in [5, 5.41) is 3.19. The van der Waals surface area contributed by atoms with E-state index in [1.165, 1.54) is 29.2 Å². The van der Waals surface area contributed by atoms with Crippen LogP contribution in [0.4, 0.5) is 29.5 Å². The second-order valence-electron chi connectivity index (χ2n) is 9.65. The van der Waals surface area contributed by atoms with E-state index in [1.807, 2.05) is 6.92 Å². The second kappa shape index (κ2) is 7.35. The number of imide groups is 1. The van der Waals surface area contributed by atoms with E-state index >= 15 is 0 Å². The molecule has 1 aromatic heterocycles. The van der Waals surface area contributed by atoms with Gasteiger partial charge in [0.1, 0.15) is 11.6 Å². The van der Waals surface area contributed by atoms with Crippen molar-refractivity contribution in [2.75, 3.05) is 16.8 Å². The molecule has 5 rings (SSSR count). The number of ether oxygens (including phenoxy) is 1. The Morgan fingerprint density at radius 3 is 2.44 bits per heavy atom. The molecule has 7 nitrogen and oxygen atoms in total. The van der Waals surface area contributed by atoms with Gasteiger partial charge in [0.25, 0.3) is 5.91 Å². The van der Waals surface area contributed by atoms with Crippen LogP contribution in [0.25, 0.3) is 0 Å². The van der Waals surface area contributed by atoms with Gasteiger partial charge in [0.15, 0.2) is 11.6 Å². The summed E-state index contributed by atoms with van der Waals surface area (Å²) in [5.41, 5.74) is -1.88. The molecule has 3 aliphatic rings. The number of pyridine rings is 1. The first-order valence-electron chi connectivity index (χ1n) is 11.2. The highest BCUT2D eigenvalue weighted by Gasteiger charge is 2.64. The van der Waals surface area contributed by atoms with Crippen molar-refractivity contribution >= 4 is 23.4 Å². The number of carbonyl (C=O) groups is 2. The van der Waals surface area contributed by atoms with E-state index in [0.717, 1.165) is 4.90 Å². The number of aromatic nitrogens is 1. The summed E-state index contributed by atoms with van der Waals surface area (Å²) in [6, 6.07) is 6.77. The standard InChI is InChI=1S/C24H25F3N4O3/c1-14-12-29-19-18(34-14)15(8-11-28-19)13-30-21(33)31(20(32)22(30,2)3)17-6-4-16(5-7-17)23(9-10-23)24(25,26)27/h4-8,11,14H,9-10,12-13H2,1-3H3,(H,28,29)/t14-/m1/s1. The minimum absolute atomic E-state index is 0.0457. The average Bonchev–Trinajstić information content (AvgIpc) is 3.57. The third-order valence-electron chi connectivity index (χ3n) is 6.98. The van der Waals surface area contributed by atoms with Gasteiger partial charge < -0.3 is 15.0 Å². The van der Waals surface area contributed by atoms with E-state index in [0.29, 0.717) is 23.7 Å². The topological polar surface area (TPSA) is 74.8 Å². The van der Waals surface area contributed by atoms with Gasteiger partial charge in [0.05, 0.1) is 24.2 Å². The average molecular weight is 474 g/mol. The molecule has 2 fully saturated rings. The second-order valence-corrected chi connectivity index (χ2v) is 9.65. The molecule has 0 unspecified atom stereocenters. The van der Waals surface area contributed by atoms with Crippen molar-refractivity contribution in [2.45, 2.75) is 63.4 Å². The molecule has 1 saturated heterocycles. The number of carbonyl (C=O) groups excluding carboxylic acids is 2. The molecule has 1 saturated carbocycles. The van der Waals surface area contributed by atoms with Crippen molar-refractivity contribution in [3.8, 4) is 5.75 Å². The molecule has 1 aromatic carbocycles. The third kappa shape index (κ3) is 3.30. The van der Waals surface area contributed by atoms with E-state index in [-0.39, 0.29) is 36.7 Å². The predicted molar refractivity (Wildman–Crippen MR) is 119 cm³/mol. The first-order valence-corrected chi connectivity index (χ1v) is 11.2. The minimum atomic E-state index is -4.33. The van der Waals surface area contributed by atoms with Crippen LogP contribution in [0.3, 0.4) is 0 Å². The Hall–Kier alpha value is -3.30. The molecule has 0 radical (unpaired) electrons. The Bertz CT molecular complexity index is 1160. The number of fused-ring (bicyclic) bond motifs is 1. The number of alkyl halides is 3. The number of urea groups is 1. The molecule has 0 bridgehead atoms. The minimum Gasteiger partial charge on any atom is -0.485 e. The quantitative estimate of drug-likeness (QED) is 0.655. The van der Waals surface area contributed by atoms with Crippen LogP contribution in [0.5, 0.6) is 5.75 Å². The highest BCUT2D eigenvalue weighted by atomic mass is 19.4. The maximum atomic E-state index is 13.5. The van der Waals surface area contributed by atoms with Crippen LogP contribution >= 0.6 is 0 Å². The summed E-state index contributed by atoms with van der Waals surface area (Å²) in [4.78, 5) is 33.4. The summed E-state index contributed by atoms with van der Waals surface area (Å²) >= 11 is 0. The maximum Gasteiger partial charge on any atom is 0.398 e. The molecule has 34 heavy (non-hydrogen) atoms. The molecule has 2 aromatic rings. The van der Waals surface area contributed by atoms with Gasteiger partial charge in [-0.15, -0.1) is 0 Å². The first-order chi connectivity index (χ1) is 16.0. The number of anilines is 2. The number of halogens is 3. The summed E-state index contributed by atoms with van der Waals surface area (Å²) in [7, 11) is 0. The van der Waals surface area contributed by atoms with Crippen LogP contribution in [-0.4, -0.2) is 46.2 Å². The number of amides is 3. The van der Waals surface area contributed by atoms with E-state index < -0.39 is 29.1 Å². The SMILES string of the molecule is C[C@@H]1CNc2nccc(CN3C(=O)N(c4ccc(C5(C(F)(F)F)CC5)cc4)C(=O)C3(C)C)c2O1. The van der Waals surface area contributed by atoms with E-state index in [1.54, 1.807) is 26.1 Å². The van der Waals surface area contributed by atoms with Gasteiger partial charge in [-0.3, -0.25) is 4.79 Å². The van der Waals surface area contributed by atoms with Crippen molar-refractivity contribution in [1.82, 2.24) is 9.88 Å². The summed E-state index contributed by atoms with van der Waals surface area (Å²) < 4.78 is 46.3. The fourth-order valence-corrected chi connectivity index (χ4v) is 4.64. The number of rotatable bonds is 4. The van der Waals surface area contributed by atoms with Gasteiger partial charge in [-0.2, -0.15) is 13.2 Å². The van der Waals surface area contributed by atoms with E-state index in [4.69, 9.17) is 4.74 Å². The molecule has 1 aliphatic carbocycles. The fourth-order valence-electron chi connectivity index (χ4n) is 4.64. The zero-order chi connectivity index (χ0) is 24.5. The van der Waals surface area contributed by atoms with Crippen LogP contribution in [-0.2, 0) is 16.8 Å². The Morgan fingerprint density at radius 2 is 1.82 bits per heavy atom. The number of nitrogens with zero attached hydrogens (tertiary/aromatic N) is 3. The summed E-state index contributed by atoms with van der Waals surface area (Å²) in [5.74, 6) is 0.678. The molecular weight excluding hydrogens is 449 g/mol. The van der Waals surface area contributed by atoms with Crippen molar-refractivity contribution in [3.05, 3.63) is 47.7 Å². The fraction of sp³-hybridized carbons (Fsp3) is 0.458. The van der Waals surface area contributed by atoms with Gasteiger partial charge in [0, 0.05) is 11.8 Å². The summed E-state index contributed by atoms with van der Waals surface area (Å²) in [6.07, 6.45) is -2.71. The lowest BCUT2D eigenvalue weighted by atomic mass is 9.95. The normalized spacial score (nSPS) is 22.8. The summed E-state index contributed by atoms with van der Waals surface area (Å²) in [6.45, 7) is 5.94. The van der Waals surface area contributed by atoms with E-state index in [9.17, 15) is 22.8 Å². The zero-order valence-electron chi connectivity index (χ0n) is 19.1. The van der Waals surface area contributed by atoms with Crippen molar-refractivity contribution in [1.29, 1.82) is 0 Å². The van der Waals surface area contributed by atoms with Gasteiger partial charge in [-0.05, 0) is 57.4 Å². The van der Waals surface area contributed by atoms with Crippen molar-refractivity contribution < 1.29 is 27.5 Å². The Labute approximate surface area is 194 Å². The lowest BCUT2D eigenvalue weighted by Gasteiger charge is -2.30. The maximum absolute atomic E-state index is 13.5. The monoisotopic (exact) mass is 474 g/mol. The van der Waals surface area contributed by atoms with Gasteiger partial charge >= 0.3 is 12.2 Å². The highest BCUT2D eigenvalue weighted by molar-refractivity contribution is 6.22. The van der Waals surface area contributed by atoms with Crippen LogP contribution in [0.15, 0.2) is 36.5 Å².